The van der Waals surface area contributed by atoms with Crippen molar-refractivity contribution < 1.29 is 5.11 Å². The van der Waals surface area contributed by atoms with Crippen molar-refractivity contribution in [3.63, 3.8) is 0 Å². The van der Waals surface area contributed by atoms with Crippen LogP contribution in [0.1, 0.15) is 70.6 Å². The zero-order valence-corrected chi connectivity index (χ0v) is 12.8. The van der Waals surface area contributed by atoms with E-state index in [1.807, 2.05) is 0 Å². The number of hydrogen-bond acceptors (Lipinski definition) is 3. The second-order valence-electron chi connectivity index (χ2n) is 7.24. The van der Waals surface area contributed by atoms with Crippen LogP contribution in [0.15, 0.2) is 0 Å². The maximum atomic E-state index is 10.2. The molecule has 5 atom stereocenters. The molecule has 0 aromatic carbocycles. The molecule has 3 heteroatoms. The smallest absolute Gasteiger partial charge is 0.0693 e. The fraction of sp³-hybridized carbons (Fsp3) is 1.00. The van der Waals surface area contributed by atoms with Gasteiger partial charge >= 0.3 is 0 Å². The summed E-state index contributed by atoms with van der Waals surface area (Å²) >= 11 is 0. The Morgan fingerprint density at radius 1 is 0.750 bits per heavy atom. The molecular formula is C17H32N2O. The van der Waals surface area contributed by atoms with Crippen LogP contribution in [0.25, 0.3) is 0 Å². The molecule has 5 unspecified atom stereocenters. The minimum Gasteiger partial charge on any atom is -0.392 e. The summed E-state index contributed by atoms with van der Waals surface area (Å²) in [6.07, 6.45) is 14.1. The van der Waals surface area contributed by atoms with Gasteiger partial charge in [0.25, 0.3) is 0 Å². The third-order valence-electron chi connectivity index (χ3n) is 5.84. The first-order valence-corrected chi connectivity index (χ1v) is 9.02. The van der Waals surface area contributed by atoms with Crippen molar-refractivity contribution in [1.82, 2.24) is 10.6 Å². The summed E-state index contributed by atoms with van der Waals surface area (Å²) in [5, 5.41) is 17.8. The highest BCUT2D eigenvalue weighted by atomic mass is 16.3. The lowest BCUT2D eigenvalue weighted by atomic mass is 9.76. The summed E-state index contributed by atoms with van der Waals surface area (Å²) in [7, 11) is 0. The van der Waals surface area contributed by atoms with E-state index in [0.717, 1.165) is 18.4 Å². The highest BCUT2D eigenvalue weighted by Crippen LogP contribution is 2.32. The topological polar surface area (TPSA) is 44.3 Å². The van der Waals surface area contributed by atoms with E-state index in [4.69, 9.17) is 0 Å². The van der Waals surface area contributed by atoms with E-state index in [0.29, 0.717) is 12.1 Å². The third-order valence-corrected chi connectivity index (χ3v) is 5.84. The SMILES string of the molecule is OC1CCCCC1NC1CCCCC1C1CCCCN1. The highest BCUT2D eigenvalue weighted by Gasteiger charge is 2.35. The van der Waals surface area contributed by atoms with Gasteiger partial charge in [0.2, 0.25) is 0 Å². The summed E-state index contributed by atoms with van der Waals surface area (Å²) in [5.74, 6) is 0.790. The molecule has 3 rings (SSSR count). The van der Waals surface area contributed by atoms with Crippen LogP contribution in [0.5, 0.6) is 0 Å². The van der Waals surface area contributed by atoms with Gasteiger partial charge in [-0.1, -0.05) is 32.1 Å². The predicted octanol–water partition coefficient (Wildman–Crippen LogP) is 2.58. The number of piperidine rings is 1. The van der Waals surface area contributed by atoms with Crippen LogP contribution in [0.3, 0.4) is 0 Å². The van der Waals surface area contributed by atoms with Crippen molar-refractivity contribution in [2.75, 3.05) is 6.54 Å². The monoisotopic (exact) mass is 280 g/mol. The van der Waals surface area contributed by atoms with Crippen molar-refractivity contribution in [1.29, 1.82) is 0 Å². The van der Waals surface area contributed by atoms with E-state index >= 15 is 0 Å². The molecule has 0 amide bonds. The molecular weight excluding hydrogens is 248 g/mol. The van der Waals surface area contributed by atoms with Gasteiger partial charge in [0, 0.05) is 18.1 Å². The average molecular weight is 280 g/mol. The van der Waals surface area contributed by atoms with Crippen LogP contribution in [0.4, 0.5) is 0 Å². The Balaban J connectivity index is 1.59. The van der Waals surface area contributed by atoms with E-state index in [1.165, 1.54) is 70.8 Å². The maximum Gasteiger partial charge on any atom is 0.0693 e. The second kappa shape index (κ2) is 7.24. The van der Waals surface area contributed by atoms with Crippen molar-refractivity contribution in [3.05, 3.63) is 0 Å². The molecule has 0 spiro atoms. The molecule has 2 saturated carbocycles. The molecule has 3 N–H and O–H groups in total. The molecule has 0 radical (unpaired) electrons. The Labute approximate surface area is 123 Å². The van der Waals surface area contributed by atoms with Crippen molar-refractivity contribution in [3.8, 4) is 0 Å². The number of nitrogens with one attached hydrogen (secondary N) is 2. The zero-order chi connectivity index (χ0) is 13.8. The molecule has 20 heavy (non-hydrogen) atoms. The Kier molecular flexibility index (Phi) is 5.36. The first-order valence-electron chi connectivity index (χ1n) is 9.02. The minimum atomic E-state index is -0.106. The molecule has 0 aromatic heterocycles. The van der Waals surface area contributed by atoms with Crippen molar-refractivity contribution in [2.24, 2.45) is 5.92 Å². The Hall–Kier alpha value is -0.120. The Bertz CT molecular complexity index is 291. The molecule has 0 aromatic rings. The summed E-state index contributed by atoms with van der Waals surface area (Å²) in [6.45, 7) is 1.21. The fourth-order valence-electron chi connectivity index (χ4n) is 4.67. The van der Waals surface area contributed by atoms with Crippen molar-refractivity contribution in [2.45, 2.75) is 94.9 Å². The summed E-state index contributed by atoms with van der Waals surface area (Å²) in [5.41, 5.74) is 0. The normalized spacial score (nSPS) is 43.4. The van der Waals surface area contributed by atoms with Gasteiger partial charge in [0.1, 0.15) is 0 Å². The first kappa shape index (κ1) is 14.8. The summed E-state index contributed by atoms with van der Waals surface area (Å²) in [6, 6.07) is 1.72. The van der Waals surface area contributed by atoms with Crippen molar-refractivity contribution >= 4 is 0 Å². The molecule has 0 bridgehead atoms. The lowest BCUT2D eigenvalue weighted by molar-refractivity contribution is 0.0683. The number of hydrogen-bond donors (Lipinski definition) is 3. The van der Waals surface area contributed by atoms with E-state index in [1.54, 1.807) is 0 Å². The van der Waals surface area contributed by atoms with Gasteiger partial charge in [-0.25, -0.2) is 0 Å². The second-order valence-corrected chi connectivity index (χ2v) is 7.24. The minimum absolute atomic E-state index is 0.106. The van der Waals surface area contributed by atoms with Gasteiger partial charge in [-0.3, -0.25) is 0 Å². The number of aliphatic hydroxyl groups excluding tert-OH is 1. The quantitative estimate of drug-likeness (QED) is 0.744. The number of aliphatic hydroxyl groups is 1. The van der Waals surface area contributed by atoms with E-state index in [2.05, 4.69) is 10.6 Å². The van der Waals surface area contributed by atoms with E-state index in [-0.39, 0.29) is 6.10 Å². The molecule has 3 fully saturated rings. The van der Waals surface area contributed by atoms with Gasteiger partial charge < -0.3 is 15.7 Å². The highest BCUT2D eigenvalue weighted by molar-refractivity contribution is 4.93. The number of rotatable bonds is 3. The standard InChI is InChI=1S/C17H32N2O/c20-17-11-4-3-10-16(17)19-15-9-2-1-7-13(15)14-8-5-6-12-18-14/h13-20H,1-12H2. The van der Waals surface area contributed by atoms with Gasteiger partial charge in [-0.05, 0) is 51.0 Å². The molecule has 1 saturated heterocycles. The molecule has 3 nitrogen and oxygen atoms in total. The summed E-state index contributed by atoms with van der Waals surface area (Å²) < 4.78 is 0. The van der Waals surface area contributed by atoms with Gasteiger partial charge in [0.05, 0.1) is 6.10 Å². The lowest BCUT2D eigenvalue weighted by Crippen LogP contribution is -2.55. The van der Waals surface area contributed by atoms with Gasteiger partial charge in [-0.2, -0.15) is 0 Å². The third kappa shape index (κ3) is 3.55. The van der Waals surface area contributed by atoms with Crippen LogP contribution >= 0.6 is 0 Å². The molecule has 2 aliphatic carbocycles. The van der Waals surface area contributed by atoms with Crippen LogP contribution in [-0.2, 0) is 0 Å². The Morgan fingerprint density at radius 2 is 1.45 bits per heavy atom. The van der Waals surface area contributed by atoms with Crippen LogP contribution < -0.4 is 10.6 Å². The van der Waals surface area contributed by atoms with Crippen LogP contribution in [-0.4, -0.2) is 35.9 Å². The Morgan fingerprint density at radius 3 is 2.20 bits per heavy atom. The molecule has 1 heterocycles. The summed E-state index contributed by atoms with van der Waals surface area (Å²) in [4.78, 5) is 0. The molecule has 116 valence electrons. The first-order chi connectivity index (χ1) is 9.84. The average Bonchev–Trinajstić information content (AvgIpc) is 2.51. The largest absolute Gasteiger partial charge is 0.392 e. The molecule has 3 aliphatic rings. The van der Waals surface area contributed by atoms with Gasteiger partial charge in [-0.15, -0.1) is 0 Å². The van der Waals surface area contributed by atoms with Crippen LogP contribution in [0, 0.1) is 5.92 Å². The zero-order valence-electron chi connectivity index (χ0n) is 12.8. The van der Waals surface area contributed by atoms with Crippen LogP contribution in [0.2, 0.25) is 0 Å². The van der Waals surface area contributed by atoms with Gasteiger partial charge in [0.15, 0.2) is 0 Å². The maximum absolute atomic E-state index is 10.2. The fourth-order valence-corrected chi connectivity index (χ4v) is 4.67. The lowest BCUT2D eigenvalue weighted by Gasteiger charge is -2.42. The van der Waals surface area contributed by atoms with E-state index in [9.17, 15) is 5.11 Å². The van der Waals surface area contributed by atoms with E-state index < -0.39 is 0 Å². The predicted molar refractivity (Wildman–Crippen MR) is 82.8 cm³/mol. The molecule has 1 aliphatic heterocycles.